The van der Waals surface area contributed by atoms with Crippen LogP contribution in [0, 0.1) is 0 Å². The topological polar surface area (TPSA) is 69.7 Å². The average Bonchev–Trinajstić information content (AvgIpc) is 3.27. The van der Waals surface area contributed by atoms with Gasteiger partial charge in [-0.15, -0.1) is 0 Å². The quantitative estimate of drug-likeness (QED) is 0.747. The van der Waals surface area contributed by atoms with Gasteiger partial charge in [0.25, 0.3) is 5.91 Å². The van der Waals surface area contributed by atoms with Crippen LogP contribution in [0.1, 0.15) is 23.2 Å². The summed E-state index contributed by atoms with van der Waals surface area (Å²) in [5.41, 5.74) is 2.86. The lowest BCUT2D eigenvalue weighted by molar-refractivity contribution is -0.117. The van der Waals surface area contributed by atoms with E-state index in [0.717, 1.165) is 35.1 Å². The van der Waals surface area contributed by atoms with Gasteiger partial charge in [0.05, 0.1) is 5.69 Å². The smallest absolute Gasteiger partial charge is 0.259 e. The molecule has 1 fully saturated rings. The fourth-order valence-electron chi connectivity index (χ4n) is 4.13. The van der Waals surface area contributed by atoms with Crippen LogP contribution in [0.3, 0.4) is 0 Å². The first-order valence-electron chi connectivity index (χ1n) is 9.66. The number of carbonyl (C=O) groups excluding carboxylic acids is 3. The maximum absolute atomic E-state index is 12.8. The Morgan fingerprint density at radius 1 is 0.966 bits per heavy atom. The first-order valence-corrected chi connectivity index (χ1v) is 9.66. The number of carbonyl (C=O) groups is 3. The van der Waals surface area contributed by atoms with E-state index in [0.29, 0.717) is 17.7 Å². The minimum atomic E-state index is -0.270. The van der Waals surface area contributed by atoms with Crippen molar-refractivity contribution in [3.05, 3.63) is 66.2 Å². The molecule has 0 unspecified atom stereocenters. The van der Waals surface area contributed by atoms with Crippen LogP contribution in [-0.4, -0.2) is 30.8 Å². The molecule has 3 amide bonds. The molecule has 0 aromatic heterocycles. The Morgan fingerprint density at radius 3 is 2.45 bits per heavy atom. The lowest BCUT2D eigenvalue weighted by Crippen LogP contribution is -2.35. The van der Waals surface area contributed by atoms with Crippen LogP contribution in [0.5, 0.6) is 0 Å². The molecule has 0 aliphatic carbocycles. The molecule has 144 valence electrons. The van der Waals surface area contributed by atoms with Gasteiger partial charge < -0.3 is 10.2 Å². The van der Waals surface area contributed by atoms with Crippen LogP contribution < -0.4 is 15.1 Å². The second kappa shape index (κ2) is 6.74. The number of anilines is 3. The second-order valence-corrected chi connectivity index (χ2v) is 7.32. The number of hydrogen-bond acceptors (Lipinski definition) is 3. The van der Waals surface area contributed by atoms with Crippen molar-refractivity contribution in [3.63, 3.8) is 0 Å². The van der Waals surface area contributed by atoms with E-state index in [-0.39, 0.29) is 24.3 Å². The third-order valence-corrected chi connectivity index (χ3v) is 5.49. The van der Waals surface area contributed by atoms with Crippen molar-refractivity contribution >= 4 is 45.6 Å². The Bertz CT molecular complexity index is 1150. The largest absolute Gasteiger partial charge is 0.325 e. The molecule has 29 heavy (non-hydrogen) atoms. The van der Waals surface area contributed by atoms with Crippen LogP contribution in [0.2, 0.25) is 0 Å². The van der Waals surface area contributed by atoms with Gasteiger partial charge in [-0.3, -0.25) is 19.3 Å². The van der Waals surface area contributed by atoms with Gasteiger partial charge in [0.1, 0.15) is 6.54 Å². The Labute approximate surface area is 167 Å². The van der Waals surface area contributed by atoms with Crippen molar-refractivity contribution in [2.45, 2.75) is 12.8 Å². The molecule has 2 heterocycles. The number of nitrogens with zero attached hydrogens (tertiary/aromatic N) is 2. The van der Waals surface area contributed by atoms with Gasteiger partial charge in [0.15, 0.2) is 0 Å². The lowest BCUT2D eigenvalue weighted by atomic mass is 10.1. The standard InChI is InChI=1S/C23H19N3O3/c27-20(24-16-9-11-17(12-10-16)25-13-3-8-21(25)28)14-26-19-7-2-5-15-4-1-6-18(22(15)19)23(26)29/h1-2,4-7,9-12H,3,8,13-14H2,(H,24,27). The van der Waals surface area contributed by atoms with Crippen molar-refractivity contribution in [1.29, 1.82) is 0 Å². The number of hydrogen-bond donors (Lipinski definition) is 1. The van der Waals surface area contributed by atoms with E-state index < -0.39 is 0 Å². The fourth-order valence-corrected chi connectivity index (χ4v) is 4.13. The Balaban J connectivity index is 1.31. The molecule has 2 aliphatic rings. The number of benzene rings is 3. The van der Waals surface area contributed by atoms with Crippen LogP contribution in [0.25, 0.3) is 10.8 Å². The summed E-state index contributed by atoms with van der Waals surface area (Å²) < 4.78 is 0. The van der Waals surface area contributed by atoms with E-state index in [4.69, 9.17) is 0 Å². The highest BCUT2D eigenvalue weighted by molar-refractivity contribution is 6.26. The zero-order chi connectivity index (χ0) is 20.0. The second-order valence-electron chi connectivity index (χ2n) is 7.32. The summed E-state index contributed by atoms with van der Waals surface area (Å²) >= 11 is 0. The summed E-state index contributed by atoms with van der Waals surface area (Å²) in [6.07, 6.45) is 1.45. The molecule has 1 saturated heterocycles. The molecular formula is C23H19N3O3. The van der Waals surface area contributed by atoms with Gasteiger partial charge in [0, 0.05) is 35.3 Å². The van der Waals surface area contributed by atoms with Gasteiger partial charge in [-0.2, -0.15) is 0 Å². The van der Waals surface area contributed by atoms with Crippen molar-refractivity contribution in [1.82, 2.24) is 0 Å². The first kappa shape index (κ1) is 17.4. The number of amides is 3. The third kappa shape index (κ3) is 2.93. The SMILES string of the molecule is O=C(CN1C(=O)c2cccc3cccc1c23)Nc1ccc(N2CCCC2=O)cc1. The molecule has 0 bridgehead atoms. The Morgan fingerprint density at radius 2 is 1.72 bits per heavy atom. The fraction of sp³-hybridized carbons (Fsp3) is 0.174. The lowest BCUT2D eigenvalue weighted by Gasteiger charge is -2.18. The summed E-state index contributed by atoms with van der Waals surface area (Å²) in [5.74, 6) is -0.300. The minimum absolute atomic E-state index is 0.0566. The van der Waals surface area contributed by atoms with Crippen molar-refractivity contribution in [2.24, 2.45) is 0 Å². The monoisotopic (exact) mass is 385 g/mol. The van der Waals surface area contributed by atoms with Gasteiger partial charge in [0.2, 0.25) is 11.8 Å². The van der Waals surface area contributed by atoms with E-state index in [2.05, 4.69) is 5.32 Å². The highest BCUT2D eigenvalue weighted by atomic mass is 16.2. The molecule has 2 aliphatic heterocycles. The molecule has 5 rings (SSSR count). The summed E-state index contributed by atoms with van der Waals surface area (Å²) in [5, 5.41) is 4.73. The summed E-state index contributed by atoms with van der Waals surface area (Å²) in [6.45, 7) is 0.673. The van der Waals surface area contributed by atoms with Crippen LogP contribution in [-0.2, 0) is 9.59 Å². The molecule has 6 nitrogen and oxygen atoms in total. The summed E-state index contributed by atoms with van der Waals surface area (Å²) in [7, 11) is 0. The van der Waals surface area contributed by atoms with Gasteiger partial charge >= 0.3 is 0 Å². The van der Waals surface area contributed by atoms with E-state index >= 15 is 0 Å². The predicted molar refractivity (Wildman–Crippen MR) is 112 cm³/mol. The molecular weight excluding hydrogens is 366 g/mol. The molecule has 3 aromatic carbocycles. The van der Waals surface area contributed by atoms with Gasteiger partial charge in [-0.05, 0) is 48.2 Å². The van der Waals surface area contributed by atoms with Crippen molar-refractivity contribution < 1.29 is 14.4 Å². The predicted octanol–water partition coefficient (Wildman–Crippen LogP) is 3.57. The van der Waals surface area contributed by atoms with Gasteiger partial charge in [-0.25, -0.2) is 0 Å². The first-order chi connectivity index (χ1) is 14.1. The van der Waals surface area contributed by atoms with E-state index in [9.17, 15) is 14.4 Å². The zero-order valence-corrected chi connectivity index (χ0v) is 15.7. The van der Waals surface area contributed by atoms with E-state index in [1.54, 1.807) is 23.1 Å². The molecule has 3 aromatic rings. The maximum Gasteiger partial charge on any atom is 0.259 e. The molecule has 0 atom stereocenters. The third-order valence-electron chi connectivity index (χ3n) is 5.49. The average molecular weight is 385 g/mol. The van der Waals surface area contributed by atoms with Crippen molar-refractivity contribution in [3.8, 4) is 0 Å². The molecule has 1 N–H and O–H groups in total. The maximum atomic E-state index is 12.8. The normalized spacial score (nSPS) is 15.4. The summed E-state index contributed by atoms with van der Waals surface area (Å²) in [6, 6.07) is 18.6. The Kier molecular flexibility index (Phi) is 4.05. The molecule has 0 saturated carbocycles. The van der Waals surface area contributed by atoms with Crippen LogP contribution >= 0.6 is 0 Å². The highest BCUT2D eigenvalue weighted by Gasteiger charge is 2.30. The van der Waals surface area contributed by atoms with Crippen molar-refractivity contribution in [2.75, 3.05) is 28.2 Å². The molecule has 6 heteroatoms. The number of nitrogens with one attached hydrogen (secondary N) is 1. The van der Waals surface area contributed by atoms with Gasteiger partial charge in [-0.1, -0.05) is 24.3 Å². The van der Waals surface area contributed by atoms with E-state index in [1.165, 1.54) is 4.90 Å². The number of rotatable bonds is 4. The van der Waals surface area contributed by atoms with E-state index in [1.807, 2.05) is 42.5 Å². The highest BCUT2D eigenvalue weighted by Crippen LogP contribution is 2.37. The summed E-state index contributed by atoms with van der Waals surface area (Å²) in [4.78, 5) is 40.5. The molecule has 0 spiro atoms. The molecule has 0 radical (unpaired) electrons. The van der Waals surface area contributed by atoms with Crippen LogP contribution in [0.4, 0.5) is 17.1 Å². The zero-order valence-electron chi connectivity index (χ0n) is 15.7. The van der Waals surface area contributed by atoms with Crippen LogP contribution in [0.15, 0.2) is 60.7 Å². The minimum Gasteiger partial charge on any atom is -0.325 e. The Hall–Kier alpha value is -3.67.